The van der Waals surface area contributed by atoms with E-state index in [-0.39, 0.29) is 22.9 Å². The number of ether oxygens (including phenoxy) is 2. The molecule has 0 aromatic carbocycles. The Hall–Kier alpha value is -1.71. The number of sulfonamides is 1. The number of rotatable bonds is 6. The smallest absolute Gasteiger partial charge is 0.343 e. The molecule has 0 saturated carbocycles. The molecule has 24 heavy (non-hydrogen) atoms. The molecule has 9 heteroatoms. The van der Waals surface area contributed by atoms with Gasteiger partial charge in [0.05, 0.1) is 19.4 Å². The van der Waals surface area contributed by atoms with Gasteiger partial charge < -0.3 is 14.4 Å². The van der Waals surface area contributed by atoms with Crippen LogP contribution in [0.2, 0.25) is 0 Å². The summed E-state index contributed by atoms with van der Waals surface area (Å²) >= 11 is 0. The van der Waals surface area contributed by atoms with Crippen LogP contribution in [0, 0.1) is 0 Å². The molecule has 2 heterocycles. The fourth-order valence-corrected chi connectivity index (χ4v) is 3.75. The third kappa shape index (κ3) is 4.03. The maximum Gasteiger partial charge on any atom is 0.343 e. The molecule has 0 amide bonds. The summed E-state index contributed by atoms with van der Waals surface area (Å²) in [6.07, 6.45) is 1.22. The predicted molar refractivity (Wildman–Crippen MR) is 87.6 cm³/mol. The number of carbonyl (C=O) groups is 1. The molecular formula is C15H23N3O5S. The van der Waals surface area contributed by atoms with Gasteiger partial charge in [-0.05, 0) is 27.0 Å². The van der Waals surface area contributed by atoms with Crippen LogP contribution in [0.1, 0.15) is 24.2 Å². The molecule has 1 aliphatic rings. The number of esters is 1. The van der Waals surface area contributed by atoms with Gasteiger partial charge in [0.25, 0.3) is 0 Å². The molecule has 1 aliphatic heterocycles. The lowest BCUT2D eigenvalue weighted by Gasteiger charge is -2.31. The minimum atomic E-state index is -3.71. The molecule has 0 unspecified atom stereocenters. The van der Waals surface area contributed by atoms with Crippen LogP contribution >= 0.6 is 0 Å². The van der Waals surface area contributed by atoms with Gasteiger partial charge in [0.2, 0.25) is 15.9 Å². The largest absolute Gasteiger partial charge is 0.477 e. The van der Waals surface area contributed by atoms with Crippen molar-refractivity contribution in [2.24, 2.45) is 0 Å². The van der Waals surface area contributed by atoms with E-state index < -0.39 is 16.0 Å². The highest BCUT2D eigenvalue weighted by Crippen LogP contribution is 2.23. The fraction of sp³-hybridized carbons (Fsp3) is 0.600. The Balaban J connectivity index is 2.36. The van der Waals surface area contributed by atoms with Gasteiger partial charge in [-0.15, -0.1) is 0 Å². The number of hydrogen-bond acceptors (Lipinski definition) is 7. The molecule has 1 saturated heterocycles. The lowest BCUT2D eigenvalue weighted by atomic mass is 10.3. The highest BCUT2D eigenvalue weighted by Gasteiger charge is 2.29. The number of nitrogens with zero attached hydrogens (tertiary/aromatic N) is 3. The highest BCUT2D eigenvalue weighted by atomic mass is 32.2. The van der Waals surface area contributed by atoms with Gasteiger partial charge in [0.1, 0.15) is 10.5 Å². The van der Waals surface area contributed by atoms with Crippen molar-refractivity contribution in [2.45, 2.75) is 18.7 Å². The summed E-state index contributed by atoms with van der Waals surface area (Å²) in [5, 5.41) is 0. The molecule has 0 radical (unpaired) electrons. The first-order valence-electron chi connectivity index (χ1n) is 7.88. The van der Waals surface area contributed by atoms with E-state index in [0.29, 0.717) is 32.8 Å². The zero-order chi connectivity index (χ0) is 17.7. The van der Waals surface area contributed by atoms with Gasteiger partial charge in [0, 0.05) is 26.2 Å². The highest BCUT2D eigenvalue weighted by molar-refractivity contribution is 7.89. The second-order valence-corrected chi connectivity index (χ2v) is 7.32. The second kappa shape index (κ2) is 7.91. The van der Waals surface area contributed by atoms with Crippen molar-refractivity contribution >= 4 is 16.0 Å². The van der Waals surface area contributed by atoms with Gasteiger partial charge in [-0.1, -0.05) is 0 Å². The molecule has 0 N–H and O–H groups in total. The lowest BCUT2D eigenvalue weighted by Crippen LogP contribution is -2.47. The standard InChI is InChI=1S/C15H23N3O5S/c1-4-22-14-13(15(19)23-5-2)10-12(11-16-14)24(20,21)18-8-6-17(3)7-9-18/h10-11H,4-9H2,1-3H3. The number of aromatic nitrogens is 1. The van der Waals surface area contributed by atoms with Crippen LogP contribution in [0.3, 0.4) is 0 Å². The second-order valence-electron chi connectivity index (χ2n) is 5.38. The average Bonchev–Trinajstić information content (AvgIpc) is 2.56. The summed E-state index contributed by atoms with van der Waals surface area (Å²) in [7, 11) is -1.76. The van der Waals surface area contributed by atoms with E-state index in [1.807, 2.05) is 7.05 Å². The monoisotopic (exact) mass is 357 g/mol. The Morgan fingerprint density at radius 3 is 2.46 bits per heavy atom. The van der Waals surface area contributed by atoms with E-state index in [1.165, 1.54) is 16.6 Å². The van der Waals surface area contributed by atoms with Crippen LogP contribution in [0.25, 0.3) is 0 Å². The molecule has 2 rings (SSSR count). The molecule has 0 aliphatic carbocycles. The predicted octanol–water partition coefficient (Wildman–Crippen LogP) is 0.593. The zero-order valence-corrected chi connectivity index (χ0v) is 15.0. The molecule has 1 aromatic heterocycles. The van der Waals surface area contributed by atoms with E-state index in [4.69, 9.17) is 9.47 Å². The van der Waals surface area contributed by atoms with Crippen LogP contribution in [-0.2, 0) is 14.8 Å². The van der Waals surface area contributed by atoms with Crippen LogP contribution in [-0.4, -0.2) is 75.0 Å². The first-order chi connectivity index (χ1) is 11.4. The van der Waals surface area contributed by atoms with E-state index in [2.05, 4.69) is 9.88 Å². The minimum absolute atomic E-state index is 0.0221. The molecule has 0 bridgehead atoms. The van der Waals surface area contributed by atoms with Crippen molar-refractivity contribution < 1.29 is 22.7 Å². The topological polar surface area (TPSA) is 89.0 Å². The average molecular weight is 357 g/mol. The molecule has 8 nitrogen and oxygen atoms in total. The van der Waals surface area contributed by atoms with Crippen LogP contribution < -0.4 is 4.74 Å². The normalized spacial score (nSPS) is 16.8. The number of likely N-dealkylation sites (N-methyl/N-ethyl adjacent to an activating group) is 1. The van der Waals surface area contributed by atoms with Gasteiger partial charge in [-0.3, -0.25) is 0 Å². The van der Waals surface area contributed by atoms with Gasteiger partial charge in [-0.2, -0.15) is 4.31 Å². The maximum absolute atomic E-state index is 12.8. The minimum Gasteiger partial charge on any atom is -0.477 e. The van der Waals surface area contributed by atoms with Crippen LogP contribution in [0.5, 0.6) is 5.88 Å². The molecule has 1 aromatic rings. The van der Waals surface area contributed by atoms with Crippen molar-refractivity contribution in [3.63, 3.8) is 0 Å². The Kier molecular flexibility index (Phi) is 6.14. The number of hydrogen-bond donors (Lipinski definition) is 0. The summed E-state index contributed by atoms with van der Waals surface area (Å²) in [5.41, 5.74) is 0.0221. The number of pyridine rings is 1. The molecule has 0 spiro atoms. The first kappa shape index (κ1) is 18.6. The molecule has 134 valence electrons. The SMILES string of the molecule is CCOC(=O)c1cc(S(=O)(=O)N2CCN(C)CC2)cnc1OCC. The van der Waals surface area contributed by atoms with Crippen molar-refractivity contribution in [3.05, 3.63) is 17.8 Å². The lowest BCUT2D eigenvalue weighted by molar-refractivity contribution is 0.0520. The third-order valence-electron chi connectivity index (χ3n) is 3.70. The Bertz CT molecular complexity index is 684. The number of carbonyl (C=O) groups excluding carboxylic acids is 1. The van der Waals surface area contributed by atoms with Crippen LogP contribution in [0.15, 0.2) is 17.2 Å². The van der Waals surface area contributed by atoms with Crippen LogP contribution in [0.4, 0.5) is 0 Å². The van der Waals surface area contributed by atoms with E-state index >= 15 is 0 Å². The van der Waals surface area contributed by atoms with Gasteiger partial charge >= 0.3 is 5.97 Å². The molecular weight excluding hydrogens is 334 g/mol. The Labute approximate surface area is 142 Å². The van der Waals surface area contributed by atoms with Gasteiger partial charge in [-0.25, -0.2) is 18.2 Å². The quantitative estimate of drug-likeness (QED) is 0.689. The van der Waals surface area contributed by atoms with E-state index in [1.54, 1.807) is 13.8 Å². The maximum atomic E-state index is 12.8. The van der Waals surface area contributed by atoms with Crippen molar-refractivity contribution in [1.82, 2.24) is 14.2 Å². The van der Waals surface area contributed by atoms with E-state index in [9.17, 15) is 13.2 Å². The summed E-state index contributed by atoms with van der Waals surface area (Å²) < 4.78 is 37.2. The Morgan fingerprint density at radius 2 is 1.88 bits per heavy atom. The molecule has 1 fully saturated rings. The summed E-state index contributed by atoms with van der Waals surface area (Å²) in [4.78, 5) is 18.1. The van der Waals surface area contributed by atoms with E-state index in [0.717, 1.165) is 0 Å². The summed E-state index contributed by atoms with van der Waals surface area (Å²) in [6.45, 7) is 6.05. The van der Waals surface area contributed by atoms with Gasteiger partial charge in [0.15, 0.2) is 0 Å². The number of piperazine rings is 1. The van der Waals surface area contributed by atoms with Crippen molar-refractivity contribution in [3.8, 4) is 5.88 Å². The summed E-state index contributed by atoms with van der Waals surface area (Å²) in [5.74, 6) is -0.572. The molecule has 0 atom stereocenters. The van der Waals surface area contributed by atoms with Crippen molar-refractivity contribution in [2.75, 3.05) is 46.4 Å². The Morgan fingerprint density at radius 1 is 1.21 bits per heavy atom. The first-order valence-corrected chi connectivity index (χ1v) is 9.32. The van der Waals surface area contributed by atoms with Crippen molar-refractivity contribution in [1.29, 1.82) is 0 Å². The zero-order valence-electron chi connectivity index (χ0n) is 14.2. The summed E-state index contributed by atoms with van der Waals surface area (Å²) in [6, 6.07) is 1.28. The third-order valence-corrected chi connectivity index (χ3v) is 5.57. The fourth-order valence-electron chi connectivity index (χ4n) is 2.36.